The minimum Gasteiger partial charge on any atom is -0.472 e. The summed E-state index contributed by atoms with van der Waals surface area (Å²) in [5.74, 6) is 0.397. The van der Waals surface area contributed by atoms with Gasteiger partial charge in [0.1, 0.15) is 11.4 Å². The Bertz CT molecular complexity index is 1060. The first-order valence-electron chi connectivity index (χ1n) is 11.6. The van der Waals surface area contributed by atoms with Gasteiger partial charge in [-0.05, 0) is 45.4 Å². The van der Waals surface area contributed by atoms with E-state index in [2.05, 4.69) is 4.90 Å². The number of nitrogens with zero attached hydrogens (tertiary/aromatic N) is 2. The lowest BCUT2D eigenvalue weighted by Gasteiger charge is -2.32. The van der Waals surface area contributed by atoms with Crippen LogP contribution in [0.25, 0.3) is 11.1 Å². The number of ether oxygens (including phenoxy) is 4. The average Bonchev–Trinajstić information content (AvgIpc) is 2.82. The third-order valence-corrected chi connectivity index (χ3v) is 5.63. The Kier molecular flexibility index (Phi) is 6.97. The third kappa shape index (κ3) is 5.28. The number of hydrogen-bond acceptors (Lipinski definition) is 7. The van der Waals surface area contributed by atoms with Crippen LogP contribution in [-0.4, -0.2) is 62.2 Å². The number of fused-ring (bicyclic) bond motifs is 1. The third-order valence-electron chi connectivity index (χ3n) is 5.63. The maximum Gasteiger partial charge on any atom is 0.413 e. The van der Waals surface area contributed by atoms with Crippen LogP contribution in [0.4, 0.5) is 10.5 Å². The SMILES string of the molecule is CCOC(=O)c1ccc(-c2cccc3c2OCN(C(=O)OC(C)(C)C)C3)cc1N1CCOCC1. The highest BCUT2D eigenvalue weighted by molar-refractivity contribution is 5.97. The van der Waals surface area contributed by atoms with Crippen LogP contribution < -0.4 is 9.64 Å². The van der Waals surface area contributed by atoms with E-state index in [1.54, 1.807) is 11.8 Å². The zero-order valence-electron chi connectivity index (χ0n) is 20.3. The highest BCUT2D eigenvalue weighted by Crippen LogP contribution is 2.39. The average molecular weight is 469 g/mol. The van der Waals surface area contributed by atoms with Crippen LogP contribution in [-0.2, 0) is 20.8 Å². The van der Waals surface area contributed by atoms with E-state index < -0.39 is 11.7 Å². The number of carbonyl (C=O) groups is 2. The van der Waals surface area contributed by atoms with Gasteiger partial charge >= 0.3 is 12.1 Å². The minimum atomic E-state index is -0.574. The molecule has 2 aliphatic rings. The molecule has 0 aliphatic carbocycles. The Labute approximate surface area is 200 Å². The molecule has 8 nitrogen and oxygen atoms in total. The van der Waals surface area contributed by atoms with E-state index in [4.69, 9.17) is 18.9 Å². The summed E-state index contributed by atoms with van der Waals surface area (Å²) in [5, 5.41) is 0. The number of carbonyl (C=O) groups excluding carboxylic acids is 2. The molecule has 34 heavy (non-hydrogen) atoms. The lowest BCUT2D eigenvalue weighted by Crippen LogP contribution is -2.40. The second kappa shape index (κ2) is 9.93. The van der Waals surface area contributed by atoms with E-state index in [1.807, 2.05) is 57.2 Å². The number of hydrogen-bond donors (Lipinski definition) is 0. The lowest BCUT2D eigenvalue weighted by molar-refractivity contribution is 0.00248. The molecule has 0 aromatic heterocycles. The molecule has 2 aromatic carbocycles. The topological polar surface area (TPSA) is 77.5 Å². The number of morpholine rings is 1. The van der Waals surface area contributed by atoms with Crippen molar-refractivity contribution in [3.63, 3.8) is 0 Å². The van der Waals surface area contributed by atoms with Crippen LogP contribution in [0.1, 0.15) is 43.6 Å². The van der Waals surface area contributed by atoms with Crippen molar-refractivity contribution in [2.45, 2.75) is 39.8 Å². The van der Waals surface area contributed by atoms with Crippen molar-refractivity contribution in [3.05, 3.63) is 47.5 Å². The molecule has 8 heteroatoms. The van der Waals surface area contributed by atoms with E-state index in [0.717, 1.165) is 28.1 Å². The van der Waals surface area contributed by atoms with Gasteiger partial charge in [0.15, 0.2) is 6.73 Å². The van der Waals surface area contributed by atoms with Gasteiger partial charge in [-0.1, -0.05) is 24.3 Å². The summed E-state index contributed by atoms with van der Waals surface area (Å²) in [6.07, 6.45) is -0.406. The molecule has 0 atom stereocenters. The van der Waals surface area contributed by atoms with Crippen LogP contribution >= 0.6 is 0 Å². The van der Waals surface area contributed by atoms with Crippen LogP contribution in [0.2, 0.25) is 0 Å². The van der Waals surface area contributed by atoms with E-state index in [0.29, 0.717) is 45.0 Å². The van der Waals surface area contributed by atoms with Crippen molar-refractivity contribution >= 4 is 17.7 Å². The molecule has 0 radical (unpaired) electrons. The van der Waals surface area contributed by atoms with Crippen LogP contribution in [0.5, 0.6) is 5.75 Å². The van der Waals surface area contributed by atoms with E-state index in [9.17, 15) is 9.59 Å². The summed E-state index contributed by atoms with van der Waals surface area (Å²) in [6, 6.07) is 11.6. The molecule has 4 rings (SSSR count). The van der Waals surface area contributed by atoms with Crippen molar-refractivity contribution < 1.29 is 28.5 Å². The molecule has 182 valence electrons. The first-order chi connectivity index (χ1) is 16.3. The van der Waals surface area contributed by atoms with Crippen LogP contribution in [0.15, 0.2) is 36.4 Å². The van der Waals surface area contributed by atoms with Gasteiger partial charge in [-0.25, -0.2) is 9.59 Å². The Hall–Kier alpha value is -3.26. The smallest absolute Gasteiger partial charge is 0.413 e. The number of amides is 1. The fourth-order valence-electron chi connectivity index (χ4n) is 4.09. The van der Waals surface area contributed by atoms with Gasteiger partial charge in [0, 0.05) is 24.2 Å². The van der Waals surface area contributed by atoms with Crippen molar-refractivity contribution in [2.75, 3.05) is 44.5 Å². The molecule has 1 fully saturated rings. The Morgan fingerprint density at radius 3 is 2.56 bits per heavy atom. The zero-order chi connectivity index (χ0) is 24.3. The van der Waals surface area contributed by atoms with Gasteiger partial charge in [-0.3, -0.25) is 4.90 Å². The number of rotatable bonds is 4. The highest BCUT2D eigenvalue weighted by Gasteiger charge is 2.28. The molecule has 1 amide bonds. The minimum absolute atomic E-state index is 0.107. The quantitative estimate of drug-likeness (QED) is 0.614. The fraction of sp³-hybridized carbons (Fsp3) is 0.462. The summed E-state index contributed by atoms with van der Waals surface area (Å²) < 4.78 is 22.3. The van der Waals surface area contributed by atoms with Gasteiger partial charge in [-0.2, -0.15) is 0 Å². The number of anilines is 1. The van der Waals surface area contributed by atoms with E-state index in [-0.39, 0.29) is 12.7 Å². The van der Waals surface area contributed by atoms with Crippen LogP contribution in [0.3, 0.4) is 0 Å². The summed E-state index contributed by atoms with van der Waals surface area (Å²) in [5.41, 5.74) is 3.52. The van der Waals surface area contributed by atoms with Gasteiger partial charge in [0.2, 0.25) is 0 Å². The molecule has 0 bridgehead atoms. The van der Waals surface area contributed by atoms with Gasteiger partial charge in [0.05, 0.1) is 37.6 Å². The standard InChI is InChI=1S/C26H32N2O6/c1-5-32-24(29)21-10-9-18(15-22(21)27-11-13-31-14-12-27)20-8-6-7-19-16-28(17-33-23(19)20)25(30)34-26(2,3)4/h6-10,15H,5,11-14,16-17H2,1-4H3. The molecule has 0 spiro atoms. The monoisotopic (exact) mass is 468 g/mol. The highest BCUT2D eigenvalue weighted by atomic mass is 16.6. The summed E-state index contributed by atoms with van der Waals surface area (Å²) >= 11 is 0. The van der Waals surface area contributed by atoms with Gasteiger partial charge < -0.3 is 23.8 Å². The number of esters is 1. The summed E-state index contributed by atoms with van der Waals surface area (Å²) in [4.78, 5) is 28.8. The molecule has 0 saturated carbocycles. The predicted octanol–water partition coefficient (Wildman–Crippen LogP) is 4.45. The van der Waals surface area contributed by atoms with Gasteiger partial charge in [0.25, 0.3) is 0 Å². The molecular formula is C26H32N2O6. The molecule has 0 unspecified atom stereocenters. The molecule has 2 aromatic rings. The van der Waals surface area contributed by atoms with E-state index >= 15 is 0 Å². The second-order valence-electron chi connectivity index (χ2n) is 9.30. The molecular weight excluding hydrogens is 436 g/mol. The Balaban J connectivity index is 1.66. The largest absolute Gasteiger partial charge is 0.472 e. The van der Waals surface area contributed by atoms with Crippen molar-refractivity contribution in [1.82, 2.24) is 4.90 Å². The Morgan fingerprint density at radius 2 is 1.85 bits per heavy atom. The first-order valence-corrected chi connectivity index (χ1v) is 11.6. The predicted molar refractivity (Wildman–Crippen MR) is 128 cm³/mol. The number of para-hydroxylation sites is 1. The first kappa shape index (κ1) is 23.9. The molecule has 2 aliphatic heterocycles. The zero-order valence-corrected chi connectivity index (χ0v) is 20.3. The van der Waals surface area contributed by atoms with Crippen molar-refractivity contribution in [3.8, 4) is 16.9 Å². The maximum atomic E-state index is 12.6. The maximum absolute atomic E-state index is 12.6. The molecule has 0 N–H and O–H groups in total. The van der Waals surface area contributed by atoms with Gasteiger partial charge in [-0.15, -0.1) is 0 Å². The number of benzene rings is 2. The van der Waals surface area contributed by atoms with Crippen LogP contribution in [0, 0.1) is 0 Å². The fourth-order valence-corrected chi connectivity index (χ4v) is 4.09. The lowest BCUT2D eigenvalue weighted by atomic mass is 9.97. The van der Waals surface area contributed by atoms with Crippen molar-refractivity contribution in [2.24, 2.45) is 0 Å². The van der Waals surface area contributed by atoms with Crippen molar-refractivity contribution in [1.29, 1.82) is 0 Å². The van der Waals surface area contributed by atoms with E-state index in [1.165, 1.54) is 0 Å². The normalized spacial score (nSPS) is 15.9. The summed E-state index contributed by atoms with van der Waals surface area (Å²) in [7, 11) is 0. The second-order valence-corrected chi connectivity index (χ2v) is 9.30. The molecule has 1 saturated heterocycles. The Morgan fingerprint density at radius 1 is 1.09 bits per heavy atom. The summed E-state index contributed by atoms with van der Waals surface area (Å²) in [6.45, 7) is 10.8. The molecule has 2 heterocycles.